The van der Waals surface area contributed by atoms with Crippen molar-refractivity contribution in [3.05, 3.63) is 11.6 Å². The van der Waals surface area contributed by atoms with Gasteiger partial charge in [-0.15, -0.1) is 11.6 Å². The van der Waals surface area contributed by atoms with Crippen molar-refractivity contribution in [3.8, 4) is 0 Å². The third-order valence-electron chi connectivity index (χ3n) is 1.70. The molecule has 0 aromatic carbocycles. The molecule has 10 heavy (non-hydrogen) atoms. The van der Waals surface area contributed by atoms with E-state index in [1.807, 2.05) is 11.8 Å². The van der Waals surface area contributed by atoms with Gasteiger partial charge in [-0.2, -0.15) is 11.8 Å². The maximum absolute atomic E-state index is 5.66. The summed E-state index contributed by atoms with van der Waals surface area (Å²) in [6.07, 6.45) is 3.67. The van der Waals surface area contributed by atoms with Crippen LogP contribution in [0.2, 0.25) is 0 Å². The Kier molecular flexibility index (Phi) is 3.64. The molecular weight excluding hydrogens is 164 g/mol. The van der Waals surface area contributed by atoms with Crippen LogP contribution in [0.3, 0.4) is 0 Å². The zero-order chi connectivity index (χ0) is 7.40. The van der Waals surface area contributed by atoms with Crippen LogP contribution in [-0.4, -0.2) is 17.4 Å². The van der Waals surface area contributed by atoms with Gasteiger partial charge in [0.2, 0.25) is 0 Å². The zero-order valence-corrected chi connectivity index (χ0v) is 7.84. The lowest BCUT2D eigenvalue weighted by atomic mass is 10.1. The number of rotatable bonds is 2. The fraction of sp³-hybridized carbons (Fsp3) is 0.750. The van der Waals surface area contributed by atoms with Gasteiger partial charge in [-0.1, -0.05) is 11.6 Å². The Hall–Kier alpha value is 0.380. The largest absolute Gasteiger partial charge is 0.161 e. The van der Waals surface area contributed by atoms with Crippen LogP contribution < -0.4 is 0 Å². The van der Waals surface area contributed by atoms with E-state index in [9.17, 15) is 0 Å². The van der Waals surface area contributed by atoms with Gasteiger partial charge < -0.3 is 0 Å². The molecule has 1 atom stereocenters. The van der Waals surface area contributed by atoms with Crippen LogP contribution in [0, 0.1) is 5.92 Å². The van der Waals surface area contributed by atoms with E-state index in [-0.39, 0.29) is 0 Å². The molecule has 1 heterocycles. The summed E-state index contributed by atoms with van der Waals surface area (Å²) < 4.78 is 0. The summed E-state index contributed by atoms with van der Waals surface area (Å²) in [5.41, 5.74) is 1.33. The average Bonchev–Trinajstić information content (AvgIpc) is 2.40. The summed E-state index contributed by atoms with van der Waals surface area (Å²) in [7, 11) is 0. The molecule has 0 aliphatic carbocycles. The van der Waals surface area contributed by atoms with Crippen molar-refractivity contribution < 1.29 is 0 Å². The van der Waals surface area contributed by atoms with Crippen molar-refractivity contribution in [1.29, 1.82) is 0 Å². The minimum atomic E-state index is 0.696. The summed E-state index contributed by atoms with van der Waals surface area (Å²) in [5.74, 6) is 4.13. The van der Waals surface area contributed by atoms with Gasteiger partial charge in [-0.25, -0.2) is 0 Å². The van der Waals surface area contributed by atoms with Crippen LogP contribution in [-0.2, 0) is 0 Å². The minimum Gasteiger partial charge on any atom is -0.161 e. The topological polar surface area (TPSA) is 0 Å². The first kappa shape index (κ1) is 8.48. The van der Waals surface area contributed by atoms with Crippen molar-refractivity contribution in [1.82, 2.24) is 0 Å². The van der Waals surface area contributed by atoms with Gasteiger partial charge in [0.05, 0.1) is 0 Å². The van der Waals surface area contributed by atoms with E-state index in [2.05, 4.69) is 13.0 Å². The van der Waals surface area contributed by atoms with Crippen molar-refractivity contribution in [2.45, 2.75) is 13.3 Å². The predicted octanol–water partition coefficient (Wildman–Crippen LogP) is 2.92. The predicted molar refractivity (Wildman–Crippen MR) is 49.9 cm³/mol. The molecule has 0 aromatic heterocycles. The second-order valence-electron chi connectivity index (χ2n) is 2.77. The molecule has 0 nitrogen and oxygen atoms in total. The monoisotopic (exact) mass is 176 g/mol. The Morgan fingerprint density at radius 2 is 2.60 bits per heavy atom. The summed E-state index contributed by atoms with van der Waals surface area (Å²) in [4.78, 5) is 0. The third-order valence-corrected chi connectivity index (χ3v) is 3.31. The van der Waals surface area contributed by atoms with Gasteiger partial charge in [0.1, 0.15) is 0 Å². The highest BCUT2D eigenvalue weighted by atomic mass is 35.5. The van der Waals surface area contributed by atoms with Crippen LogP contribution in [0.5, 0.6) is 0 Å². The minimum absolute atomic E-state index is 0.696. The summed E-state index contributed by atoms with van der Waals surface area (Å²) in [6, 6.07) is 0. The Morgan fingerprint density at radius 3 is 3.10 bits per heavy atom. The van der Waals surface area contributed by atoms with E-state index < -0.39 is 0 Å². The average molecular weight is 177 g/mol. The highest BCUT2D eigenvalue weighted by Gasteiger charge is 2.12. The third kappa shape index (κ3) is 2.55. The highest BCUT2D eigenvalue weighted by molar-refractivity contribution is 7.99. The first-order valence-electron chi connectivity index (χ1n) is 3.64. The van der Waals surface area contributed by atoms with E-state index in [4.69, 9.17) is 11.6 Å². The Balaban J connectivity index is 2.34. The van der Waals surface area contributed by atoms with Crippen LogP contribution >= 0.6 is 23.4 Å². The zero-order valence-electron chi connectivity index (χ0n) is 6.27. The molecule has 0 amide bonds. The molecule has 0 spiro atoms. The summed E-state index contributed by atoms with van der Waals surface area (Å²) >= 11 is 7.70. The van der Waals surface area contributed by atoms with Gasteiger partial charge >= 0.3 is 0 Å². The SMILES string of the molecule is CC(=CC1CCSC1)CCl. The molecule has 2 heteroatoms. The van der Waals surface area contributed by atoms with E-state index in [1.165, 1.54) is 23.5 Å². The molecule has 1 fully saturated rings. The van der Waals surface area contributed by atoms with E-state index in [0.717, 1.165) is 5.92 Å². The van der Waals surface area contributed by atoms with E-state index in [0.29, 0.717) is 5.88 Å². The lowest BCUT2D eigenvalue weighted by molar-refractivity contribution is 0.741. The molecule has 0 aromatic rings. The highest BCUT2D eigenvalue weighted by Crippen LogP contribution is 2.25. The van der Waals surface area contributed by atoms with E-state index >= 15 is 0 Å². The molecule has 0 bridgehead atoms. The second-order valence-corrected chi connectivity index (χ2v) is 4.19. The number of hydrogen-bond acceptors (Lipinski definition) is 1. The normalized spacial score (nSPS) is 27.4. The van der Waals surface area contributed by atoms with Gasteiger partial charge in [-0.05, 0) is 30.8 Å². The molecule has 1 saturated heterocycles. The summed E-state index contributed by atoms with van der Waals surface area (Å²) in [6.45, 7) is 2.11. The smallest absolute Gasteiger partial charge is 0.0430 e. The van der Waals surface area contributed by atoms with Gasteiger partial charge in [0, 0.05) is 5.88 Å². The Morgan fingerprint density at radius 1 is 1.80 bits per heavy atom. The van der Waals surface area contributed by atoms with Crippen molar-refractivity contribution in [2.75, 3.05) is 17.4 Å². The first-order valence-corrected chi connectivity index (χ1v) is 5.33. The molecule has 0 saturated carbocycles. The molecular formula is C8H13ClS. The standard InChI is InChI=1S/C8H13ClS/c1-7(5-9)4-8-2-3-10-6-8/h4,8H,2-3,5-6H2,1H3. The van der Waals surface area contributed by atoms with Crippen LogP contribution in [0.4, 0.5) is 0 Å². The number of thioether (sulfide) groups is 1. The fourth-order valence-corrected chi connectivity index (χ4v) is 2.42. The quantitative estimate of drug-likeness (QED) is 0.461. The number of alkyl halides is 1. The maximum Gasteiger partial charge on any atom is 0.0430 e. The molecule has 0 N–H and O–H groups in total. The van der Waals surface area contributed by atoms with Gasteiger partial charge in [0.25, 0.3) is 0 Å². The Bertz CT molecular complexity index is 125. The number of halogens is 1. The molecule has 1 aliphatic rings. The Labute approximate surface area is 72.0 Å². The van der Waals surface area contributed by atoms with E-state index in [1.54, 1.807) is 0 Å². The van der Waals surface area contributed by atoms with Gasteiger partial charge in [-0.3, -0.25) is 0 Å². The molecule has 1 rings (SSSR count). The molecule has 0 radical (unpaired) electrons. The lowest BCUT2D eigenvalue weighted by Crippen LogP contribution is -1.93. The van der Waals surface area contributed by atoms with Crippen LogP contribution in [0.1, 0.15) is 13.3 Å². The van der Waals surface area contributed by atoms with Crippen LogP contribution in [0.25, 0.3) is 0 Å². The summed E-state index contributed by atoms with van der Waals surface area (Å²) in [5, 5.41) is 0. The van der Waals surface area contributed by atoms with Crippen LogP contribution in [0.15, 0.2) is 11.6 Å². The lowest BCUT2D eigenvalue weighted by Gasteiger charge is -2.01. The number of allylic oxidation sites excluding steroid dienone is 2. The molecule has 58 valence electrons. The van der Waals surface area contributed by atoms with Crippen molar-refractivity contribution in [2.24, 2.45) is 5.92 Å². The second kappa shape index (κ2) is 4.30. The number of hydrogen-bond donors (Lipinski definition) is 0. The first-order chi connectivity index (χ1) is 4.83. The molecule has 1 unspecified atom stereocenters. The van der Waals surface area contributed by atoms with Crippen molar-refractivity contribution in [3.63, 3.8) is 0 Å². The molecule has 1 aliphatic heterocycles. The fourth-order valence-electron chi connectivity index (χ4n) is 1.13. The van der Waals surface area contributed by atoms with Crippen molar-refractivity contribution >= 4 is 23.4 Å². The maximum atomic E-state index is 5.66. The van der Waals surface area contributed by atoms with Gasteiger partial charge in [0.15, 0.2) is 0 Å².